The minimum atomic E-state index is -3.03. The van der Waals surface area contributed by atoms with Crippen LogP contribution in [0.15, 0.2) is 0 Å². The van der Waals surface area contributed by atoms with Gasteiger partial charge in [-0.05, 0) is 12.5 Å². The molecule has 0 saturated carbocycles. The fourth-order valence-corrected chi connectivity index (χ4v) is 2.01. The van der Waals surface area contributed by atoms with Crippen molar-refractivity contribution in [3.63, 3.8) is 0 Å². The molecule has 4 heteroatoms. The van der Waals surface area contributed by atoms with E-state index < -0.39 is 12.1 Å². The summed E-state index contributed by atoms with van der Waals surface area (Å²) in [6.07, 6.45) is 3.12. The van der Waals surface area contributed by atoms with Gasteiger partial charge in [-0.3, -0.25) is 0 Å². The third-order valence-corrected chi connectivity index (χ3v) is 7.01. The van der Waals surface area contributed by atoms with Gasteiger partial charge in [0.2, 0.25) is 0 Å². The predicted octanol–water partition coefficient (Wildman–Crippen LogP) is 2.54. The van der Waals surface area contributed by atoms with Crippen LogP contribution in [0, 0.1) is 0 Å². The van der Waals surface area contributed by atoms with E-state index >= 15 is 0 Å². The normalized spacial score (nSPS) is 20.0. The van der Waals surface area contributed by atoms with Crippen LogP contribution >= 0.6 is 28.3 Å². The maximum atomic E-state index is 11.3. The molecule has 0 aliphatic heterocycles. The average molecular weight is 159 g/mol. The summed E-state index contributed by atoms with van der Waals surface area (Å²) in [5.74, 6) is 0. The van der Waals surface area contributed by atoms with E-state index in [-0.39, 0.29) is 0 Å². The summed E-state index contributed by atoms with van der Waals surface area (Å²) in [5.41, 5.74) is -3.03. The van der Waals surface area contributed by atoms with Crippen molar-refractivity contribution in [1.82, 2.24) is 0 Å². The Kier molecular flexibility index (Phi) is 1.69. The van der Waals surface area contributed by atoms with Crippen molar-refractivity contribution < 1.29 is 8.68 Å². The van der Waals surface area contributed by atoms with Crippen molar-refractivity contribution in [1.29, 1.82) is 0 Å². The van der Waals surface area contributed by atoms with Crippen LogP contribution in [0.2, 0.25) is 0 Å². The van der Waals surface area contributed by atoms with Gasteiger partial charge >= 0.3 is 0 Å². The number of hydrogen-bond acceptors (Lipinski definition) is 3. The van der Waals surface area contributed by atoms with Gasteiger partial charge in [-0.2, -0.15) is 0 Å². The van der Waals surface area contributed by atoms with Gasteiger partial charge in [0.15, 0.2) is 5.55 Å². The van der Waals surface area contributed by atoms with Crippen LogP contribution in [0.25, 0.3) is 0 Å². The van der Waals surface area contributed by atoms with Crippen molar-refractivity contribution in [2.75, 3.05) is 19.1 Å². The molecule has 0 bridgehead atoms. The van der Waals surface area contributed by atoms with Crippen molar-refractivity contribution in [2.45, 2.75) is 0 Å². The Labute approximate surface area is 56.7 Å². The highest BCUT2D eigenvalue weighted by Crippen LogP contribution is 2.63. The Hall–Kier alpha value is 0.930. The maximum absolute atomic E-state index is 11.3. The van der Waals surface area contributed by atoms with Crippen molar-refractivity contribution >= 4 is 28.3 Å². The second kappa shape index (κ2) is 3.06. The van der Waals surface area contributed by atoms with Crippen LogP contribution in [0.5, 0.6) is 0 Å². The van der Waals surface area contributed by atoms with Crippen LogP contribution in [0.4, 0.5) is 0 Å². The molecule has 0 aromatic carbocycles. The Balaban J connectivity index is 4.51. The molecule has 7 heavy (non-hydrogen) atoms. The second-order valence-corrected chi connectivity index (χ2v) is 8.56. The fourth-order valence-electron chi connectivity index (χ4n) is 0.0745. The number of hydrogen-bond donors (Lipinski definition) is 0. The Bertz CT molecular complexity index is 148. The molecular weight excluding hydrogens is 147 g/mol. The molecule has 0 aromatic heterocycles. The summed E-state index contributed by atoms with van der Waals surface area (Å²) in [6.45, 7) is -2.31. The van der Waals surface area contributed by atoms with E-state index in [9.17, 15) is 4.57 Å². The van der Waals surface area contributed by atoms with E-state index in [0.29, 0.717) is 0 Å². The Morgan fingerprint density at radius 2 is 2.00 bits per heavy atom. The monoisotopic (exact) mass is 159 g/mol. The number of rotatable bonds is 2. The largest absolute Gasteiger partial charge is 0.301 e. The first-order valence-corrected chi connectivity index (χ1v) is 6.95. The van der Waals surface area contributed by atoms with Crippen molar-refractivity contribution in [3.05, 3.63) is 0 Å². The van der Waals surface area contributed by atoms with Gasteiger partial charge in [0.1, 0.15) is 0 Å². The molecule has 1 nitrogen and oxygen atoms in total. The molecule has 0 aliphatic rings. The predicted molar refractivity (Wildman–Crippen MR) is 40.6 cm³/mol. The first-order valence-electron chi connectivity index (χ1n) is 3.09. The molecule has 0 rings (SSSR count). The second-order valence-electron chi connectivity index (χ2n) is 0.863. The van der Waals surface area contributed by atoms with Crippen molar-refractivity contribution in [3.8, 4) is 0 Å². The molecule has 0 atom stereocenters. The molecule has 0 fully saturated rings. The van der Waals surface area contributed by atoms with Crippen LogP contribution in [-0.2, 0) is 4.57 Å². The Morgan fingerprint density at radius 1 is 1.57 bits per heavy atom. The fraction of sp³-hybridized carbons (Fsp3) is 1.00. The third-order valence-electron chi connectivity index (χ3n) is 0.481. The minimum Gasteiger partial charge on any atom is -0.301 e. The smallest absolute Gasteiger partial charge is 0.187 e. The molecule has 0 spiro atoms. The van der Waals surface area contributed by atoms with E-state index in [1.54, 1.807) is 12.5 Å². The minimum absolute atomic E-state index is 0.935. The average Bonchev–Trinajstić information content (AvgIpc) is 1.84. The molecule has 0 N–H and O–H groups in total. The summed E-state index contributed by atoms with van der Waals surface area (Å²) < 4.78 is 32.1. The van der Waals surface area contributed by atoms with E-state index in [1.807, 2.05) is 0 Å². The zero-order valence-electron chi connectivity index (χ0n) is 7.17. The van der Waals surface area contributed by atoms with Gasteiger partial charge < -0.3 is 4.57 Å². The Morgan fingerprint density at radius 3 is 2.00 bits per heavy atom. The molecule has 0 aliphatic carbocycles. The summed E-state index contributed by atoms with van der Waals surface area (Å²) in [4.78, 5) is 0. The van der Waals surface area contributed by atoms with Gasteiger partial charge in [-0.15, -0.1) is 0 Å². The first-order chi connectivity index (χ1) is 4.37. The summed E-state index contributed by atoms with van der Waals surface area (Å²) in [7, 11) is 0. The molecule has 0 heterocycles. The molecule has 0 unspecified atom stereocenters. The highest BCUT2D eigenvalue weighted by Gasteiger charge is 2.07. The van der Waals surface area contributed by atoms with Crippen LogP contribution in [0.3, 0.4) is 0 Å². The summed E-state index contributed by atoms with van der Waals surface area (Å²) >= 11 is 1.87. The molecule has 0 amide bonds. The molecule has 44 valence electrons. The summed E-state index contributed by atoms with van der Waals surface area (Å²) in [6, 6.07) is 0. The topological polar surface area (TPSA) is 17.1 Å². The van der Waals surface area contributed by atoms with Crippen LogP contribution < -0.4 is 0 Å². The lowest BCUT2D eigenvalue weighted by Crippen LogP contribution is -1.57. The zero-order chi connectivity index (χ0) is 8.41. The molecular formula is C3H9OPS2. The van der Waals surface area contributed by atoms with E-state index in [4.69, 9.17) is 4.11 Å². The van der Waals surface area contributed by atoms with Gasteiger partial charge in [-0.25, -0.2) is 0 Å². The first kappa shape index (κ1) is 3.86. The van der Waals surface area contributed by atoms with Crippen LogP contribution in [-0.4, -0.2) is 19.1 Å². The lowest BCUT2D eigenvalue weighted by Gasteiger charge is -2.01. The standard InChI is InChI=1S/C3H9OPS2/c1-5(4,6-2)7-3/h1-3H3/i1D3. The van der Waals surface area contributed by atoms with Gasteiger partial charge in [-0.1, -0.05) is 22.8 Å². The van der Waals surface area contributed by atoms with Gasteiger partial charge in [0, 0.05) is 10.7 Å². The summed E-state index contributed by atoms with van der Waals surface area (Å²) in [5, 5.41) is 0. The van der Waals surface area contributed by atoms with Gasteiger partial charge in [0.25, 0.3) is 0 Å². The highest BCUT2D eigenvalue weighted by atomic mass is 33.1. The molecule has 0 aromatic rings. The lowest BCUT2D eigenvalue weighted by atomic mass is 12.0. The van der Waals surface area contributed by atoms with Crippen molar-refractivity contribution in [2.24, 2.45) is 0 Å². The lowest BCUT2D eigenvalue weighted by molar-refractivity contribution is 0.597. The quantitative estimate of drug-likeness (QED) is 0.576. The van der Waals surface area contributed by atoms with Crippen LogP contribution in [0.1, 0.15) is 4.11 Å². The highest BCUT2D eigenvalue weighted by molar-refractivity contribution is 8.90. The van der Waals surface area contributed by atoms with Gasteiger partial charge in [0.05, 0.1) is 0 Å². The third kappa shape index (κ3) is 3.51. The van der Waals surface area contributed by atoms with E-state index in [2.05, 4.69) is 0 Å². The SMILES string of the molecule is [2H]C([2H])([2H])P(=O)(SC)SC. The molecule has 0 radical (unpaired) electrons. The maximum Gasteiger partial charge on any atom is 0.187 e. The molecule has 0 saturated heterocycles. The zero-order valence-corrected chi connectivity index (χ0v) is 6.70. The van der Waals surface area contributed by atoms with E-state index in [0.717, 1.165) is 22.8 Å². The van der Waals surface area contributed by atoms with E-state index in [1.165, 1.54) is 0 Å².